The lowest BCUT2D eigenvalue weighted by atomic mass is 9.99. The molecule has 0 spiro atoms. The number of hydrogen-bond acceptors (Lipinski definition) is 4. The number of hydrogen-bond donors (Lipinski definition) is 1. The lowest BCUT2D eigenvalue weighted by molar-refractivity contribution is -0.141. The first-order chi connectivity index (χ1) is 10.4. The Balaban J connectivity index is 1.54. The van der Waals surface area contributed by atoms with Crippen LogP contribution in [-0.2, 0) is 32.7 Å². The number of nitrogens with one attached hydrogen (secondary N) is 1. The largest absolute Gasteiger partial charge is 0.434 e. The summed E-state index contributed by atoms with van der Waals surface area (Å²) in [6.07, 6.45) is -0.0129. The normalized spacial score (nSPS) is 18.5. The van der Waals surface area contributed by atoms with E-state index in [0.29, 0.717) is 31.3 Å². The molecular weight excluding hydrogens is 297 g/mol. The fraction of sp³-hybridized carbons (Fsp3) is 0.615. The van der Waals surface area contributed by atoms with Crippen molar-refractivity contribution in [3.8, 4) is 0 Å². The maximum absolute atomic E-state index is 12.7. The van der Waals surface area contributed by atoms with Gasteiger partial charge in [0, 0.05) is 45.5 Å². The second kappa shape index (κ2) is 5.71. The number of imidazole rings is 1. The van der Waals surface area contributed by atoms with Crippen LogP contribution in [0.15, 0.2) is 12.4 Å². The van der Waals surface area contributed by atoms with Crippen LogP contribution in [0.3, 0.4) is 0 Å². The van der Waals surface area contributed by atoms with Crippen LogP contribution in [0.4, 0.5) is 13.2 Å². The van der Waals surface area contributed by atoms with Gasteiger partial charge in [0.05, 0.1) is 5.69 Å². The topological polar surface area (TPSA) is 60.6 Å². The van der Waals surface area contributed by atoms with Gasteiger partial charge in [0.15, 0.2) is 5.69 Å². The van der Waals surface area contributed by atoms with Gasteiger partial charge in [0.1, 0.15) is 5.82 Å². The maximum atomic E-state index is 12.7. The van der Waals surface area contributed by atoms with Gasteiger partial charge in [0.25, 0.3) is 0 Å². The number of aryl methyl sites for hydroxylation is 2. The van der Waals surface area contributed by atoms with Gasteiger partial charge in [-0.3, -0.25) is 4.68 Å². The van der Waals surface area contributed by atoms with Crippen molar-refractivity contribution >= 4 is 0 Å². The molecule has 0 amide bonds. The monoisotopic (exact) mass is 314 g/mol. The first-order valence-electron chi connectivity index (χ1n) is 7.11. The van der Waals surface area contributed by atoms with Crippen LogP contribution in [-0.4, -0.2) is 31.1 Å². The summed E-state index contributed by atoms with van der Waals surface area (Å²) < 4.78 is 41.2. The van der Waals surface area contributed by atoms with E-state index in [1.54, 1.807) is 16.3 Å². The molecule has 2 aromatic rings. The smallest absolute Gasteiger partial charge is 0.334 e. The molecular formula is C13H17F3N6. The Labute approximate surface area is 125 Å². The number of halogens is 3. The Hall–Kier alpha value is -1.90. The van der Waals surface area contributed by atoms with E-state index in [-0.39, 0.29) is 0 Å². The van der Waals surface area contributed by atoms with Gasteiger partial charge in [-0.1, -0.05) is 5.21 Å². The zero-order valence-electron chi connectivity index (χ0n) is 12.1. The highest BCUT2D eigenvalue weighted by Gasteiger charge is 2.35. The molecule has 0 saturated heterocycles. The summed E-state index contributed by atoms with van der Waals surface area (Å²) in [7, 11) is 1.80. The molecule has 0 saturated carbocycles. The van der Waals surface area contributed by atoms with Gasteiger partial charge in [-0.25, -0.2) is 4.98 Å². The zero-order chi connectivity index (χ0) is 15.7. The molecule has 1 aliphatic heterocycles. The number of fused-ring (bicyclic) bond motifs is 1. The van der Waals surface area contributed by atoms with E-state index in [0.717, 1.165) is 24.9 Å². The van der Waals surface area contributed by atoms with Crippen molar-refractivity contribution in [1.29, 1.82) is 0 Å². The Morgan fingerprint density at radius 3 is 2.86 bits per heavy atom. The molecule has 0 bridgehead atoms. The minimum absolute atomic E-state index is 0.291. The van der Waals surface area contributed by atoms with Gasteiger partial charge < -0.3 is 9.88 Å². The molecule has 9 heteroatoms. The third-order valence-corrected chi connectivity index (χ3v) is 3.77. The van der Waals surface area contributed by atoms with Crippen LogP contribution in [0.2, 0.25) is 0 Å². The molecule has 0 aromatic carbocycles. The van der Waals surface area contributed by atoms with E-state index < -0.39 is 11.9 Å². The van der Waals surface area contributed by atoms with Crippen molar-refractivity contribution in [2.45, 2.75) is 32.1 Å². The fourth-order valence-electron chi connectivity index (χ4n) is 2.70. The minimum Gasteiger partial charge on any atom is -0.334 e. The molecule has 0 aliphatic carbocycles. The molecule has 6 nitrogen and oxygen atoms in total. The molecule has 1 unspecified atom stereocenters. The summed E-state index contributed by atoms with van der Waals surface area (Å²) in [5, 5.41) is 11.1. The summed E-state index contributed by atoms with van der Waals surface area (Å²) in [4.78, 5) is 3.68. The highest BCUT2D eigenvalue weighted by molar-refractivity contribution is 5.10. The van der Waals surface area contributed by atoms with E-state index in [4.69, 9.17) is 0 Å². The summed E-state index contributed by atoms with van der Waals surface area (Å²) in [6.45, 7) is 1.90. The second-order valence-corrected chi connectivity index (χ2v) is 5.61. The van der Waals surface area contributed by atoms with Crippen LogP contribution < -0.4 is 5.32 Å². The maximum Gasteiger partial charge on any atom is 0.434 e. The quantitative estimate of drug-likeness (QED) is 0.926. The number of nitrogens with zero attached hydrogens (tertiary/aromatic N) is 5. The highest BCUT2D eigenvalue weighted by Crippen LogP contribution is 2.30. The molecule has 0 radical (unpaired) electrons. The van der Waals surface area contributed by atoms with E-state index in [9.17, 15) is 13.2 Å². The summed E-state index contributed by atoms with van der Waals surface area (Å²) >= 11 is 0. The van der Waals surface area contributed by atoms with Gasteiger partial charge in [-0.15, -0.1) is 5.10 Å². The van der Waals surface area contributed by atoms with E-state index >= 15 is 0 Å². The number of aromatic nitrogens is 5. The Morgan fingerprint density at radius 2 is 2.18 bits per heavy atom. The number of rotatable bonds is 4. The van der Waals surface area contributed by atoms with E-state index in [1.165, 1.54) is 0 Å². The first-order valence-corrected chi connectivity index (χ1v) is 7.11. The third-order valence-electron chi connectivity index (χ3n) is 3.77. The number of alkyl halides is 3. The molecule has 1 aliphatic rings. The molecule has 0 fully saturated rings. The van der Waals surface area contributed by atoms with Gasteiger partial charge >= 0.3 is 6.18 Å². The molecule has 1 N–H and O–H groups in total. The molecule has 22 heavy (non-hydrogen) atoms. The van der Waals surface area contributed by atoms with Crippen molar-refractivity contribution in [2.75, 3.05) is 6.54 Å². The van der Waals surface area contributed by atoms with Gasteiger partial charge in [0.2, 0.25) is 0 Å². The van der Waals surface area contributed by atoms with Crippen molar-refractivity contribution in [3.63, 3.8) is 0 Å². The van der Waals surface area contributed by atoms with Crippen molar-refractivity contribution in [1.82, 2.24) is 29.9 Å². The summed E-state index contributed by atoms with van der Waals surface area (Å²) in [6, 6.07) is 0. The summed E-state index contributed by atoms with van der Waals surface area (Å²) in [5.41, 5.74) is 0.0525. The Kier molecular flexibility index (Phi) is 3.90. The minimum atomic E-state index is -4.37. The van der Waals surface area contributed by atoms with Gasteiger partial charge in [-0.2, -0.15) is 13.2 Å². The zero-order valence-corrected chi connectivity index (χ0v) is 12.1. The van der Waals surface area contributed by atoms with Gasteiger partial charge in [-0.05, 0) is 12.3 Å². The molecule has 1 atom stereocenters. The predicted octanol–water partition coefficient (Wildman–Crippen LogP) is 1.38. The van der Waals surface area contributed by atoms with Crippen molar-refractivity contribution < 1.29 is 13.2 Å². The van der Waals surface area contributed by atoms with Crippen LogP contribution in [0.1, 0.15) is 23.6 Å². The molecule has 3 rings (SSSR count). The second-order valence-electron chi connectivity index (χ2n) is 5.61. The average Bonchev–Trinajstić information content (AvgIpc) is 3.04. The SMILES string of the molecule is Cn1cc(CNCC2CCc3nc(C(F)(F)F)cn3C2)nn1. The third kappa shape index (κ3) is 3.29. The van der Waals surface area contributed by atoms with Crippen LogP contribution >= 0.6 is 0 Å². The van der Waals surface area contributed by atoms with Crippen LogP contribution in [0, 0.1) is 5.92 Å². The Bertz CT molecular complexity index is 644. The van der Waals surface area contributed by atoms with E-state index in [2.05, 4.69) is 20.6 Å². The molecule has 120 valence electrons. The first kappa shape index (κ1) is 15.0. The van der Waals surface area contributed by atoms with E-state index in [1.807, 2.05) is 6.20 Å². The molecule has 2 aromatic heterocycles. The lowest BCUT2D eigenvalue weighted by Crippen LogP contribution is -2.29. The lowest BCUT2D eigenvalue weighted by Gasteiger charge is -2.23. The van der Waals surface area contributed by atoms with Crippen LogP contribution in [0.25, 0.3) is 0 Å². The Morgan fingerprint density at radius 1 is 1.36 bits per heavy atom. The molecule has 3 heterocycles. The standard InChI is InChI=1S/C13H17F3N6/c1-21-7-10(19-20-21)5-17-4-9-2-3-12-18-11(13(14,15)16)8-22(12)6-9/h7-9,17H,2-6H2,1H3. The van der Waals surface area contributed by atoms with Crippen molar-refractivity contribution in [3.05, 3.63) is 29.6 Å². The highest BCUT2D eigenvalue weighted by atomic mass is 19.4. The summed E-state index contributed by atoms with van der Waals surface area (Å²) in [5.74, 6) is 0.817. The van der Waals surface area contributed by atoms with Crippen molar-refractivity contribution in [2.24, 2.45) is 13.0 Å². The predicted molar refractivity (Wildman–Crippen MR) is 71.7 cm³/mol. The fourth-order valence-corrected chi connectivity index (χ4v) is 2.70. The average molecular weight is 314 g/mol. The van der Waals surface area contributed by atoms with Crippen LogP contribution in [0.5, 0.6) is 0 Å².